The van der Waals surface area contributed by atoms with Gasteiger partial charge in [-0.05, 0) is 80.3 Å². The Hall–Kier alpha value is -2.24. The summed E-state index contributed by atoms with van der Waals surface area (Å²) in [4.78, 5) is 17.9. The third kappa shape index (κ3) is 6.17. The minimum Gasteiger partial charge on any atom is -0.495 e. The second-order valence-electron chi connectivity index (χ2n) is 9.18. The standard InChI is InChI=1S/C26H34ClN3O2/c1-19-3-10-25(32-2)24(17-19)28-26(31)30(18-21-4-5-21)23-12-15-29(16-13-23)14-11-20-6-8-22(27)9-7-20/h3,6-10,17,21,23H,4-5,11-16,18H2,1-2H3,(H,28,31). The lowest BCUT2D eigenvalue weighted by Gasteiger charge is -2.38. The monoisotopic (exact) mass is 455 g/mol. The van der Waals surface area contributed by atoms with Crippen LogP contribution < -0.4 is 10.1 Å². The highest BCUT2D eigenvalue weighted by molar-refractivity contribution is 6.30. The maximum atomic E-state index is 13.3. The highest BCUT2D eigenvalue weighted by atomic mass is 35.5. The molecule has 32 heavy (non-hydrogen) atoms. The first-order chi connectivity index (χ1) is 15.5. The van der Waals surface area contributed by atoms with Gasteiger partial charge in [-0.1, -0.05) is 29.8 Å². The maximum Gasteiger partial charge on any atom is 0.322 e. The van der Waals surface area contributed by atoms with E-state index in [1.165, 1.54) is 18.4 Å². The average molecular weight is 456 g/mol. The van der Waals surface area contributed by atoms with Gasteiger partial charge < -0.3 is 19.9 Å². The van der Waals surface area contributed by atoms with Crippen molar-refractivity contribution in [3.05, 3.63) is 58.6 Å². The minimum atomic E-state index is 0.000384. The molecule has 1 aliphatic carbocycles. The second kappa shape index (κ2) is 10.6. The van der Waals surface area contributed by atoms with E-state index >= 15 is 0 Å². The fraction of sp³-hybridized carbons (Fsp3) is 0.500. The van der Waals surface area contributed by atoms with Crippen LogP contribution in [0.15, 0.2) is 42.5 Å². The third-order valence-electron chi connectivity index (χ3n) is 6.64. The average Bonchev–Trinajstić information content (AvgIpc) is 3.62. The summed E-state index contributed by atoms with van der Waals surface area (Å²) in [5.41, 5.74) is 3.17. The molecule has 0 aromatic heterocycles. The van der Waals surface area contributed by atoms with Gasteiger partial charge in [-0.15, -0.1) is 0 Å². The number of halogens is 1. The topological polar surface area (TPSA) is 44.8 Å². The molecule has 5 nitrogen and oxygen atoms in total. The van der Waals surface area contributed by atoms with E-state index in [2.05, 4.69) is 27.2 Å². The first kappa shape index (κ1) is 22.9. The number of carbonyl (C=O) groups is 1. The lowest BCUT2D eigenvalue weighted by atomic mass is 10.0. The molecule has 1 N–H and O–H groups in total. The molecule has 0 unspecified atom stereocenters. The Morgan fingerprint density at radius 2 is 1.84 bits per heavy atom. The van der Waals surface area contributed by atoms with Gasteiger partial charge in [0, 0.05) is 37.2 Å². The third-order valence-corrected chi connectivity index (χ3v) is 6.89. The van der Waals surface area contributed by atoms with Crippen LogP contribution in [0.4, 0.5) is 10.5 Å². The number of nitrogens with zero attached hydrogens (tertiary/aromatic N) is 2. The summed E-state index contributed by atoms with van der Waals surface area (Å²) in [5, 5.41) is 3.92. The summed E-state index contributed by atoms with van der Waals surface area (Å²) in [6.45, 7) is 5.98. The Morgan fingerprint density at radius 3 is 2.50 bits per heavy atom. The number of rotatable bonds is 8. The quantitative estimate of drug-likeness (QED) is 0.562. The first-order valence-corrected chi connectivity index (χ1v) is 12.1. The molecule has 1 saturated carbocycles. The maximum absolute atomic E-state index is 13.3. The van der Waals surface area contributed by atoms with Gasteiger partial charge >= 0.3 is 6.03 Å². The summed E-state index contributed by atoms with van der Waals surface area (Å²) in [5.74, 6) is 1.36. The molecule has 0 radical (unpaired) electrons. The summed E-state index contributed by atoms with van der Waals surface area (Å²) >= 11 is 5.99. The van der Waals surface area contributed by atoms with Crippen LogP contribution in [0.1, 0.15) is 36.8 Å². The van der Waals surface area contributed by atoms with Gasteiger partial charge in [0.05, 0.1) is 12.8 Å². The van der Waals surface area contributed by atoms with Crippen molar-refractivity contribution in [1.29, 1.82) is 0 Å². The van der Waals surface area contributed by atoms with Crippen LogP contribution in [0.3, 0.4) is 0 Å². The fourth-order valence-corrected chi connectivity index (χ4v) is 4.60. The van der Waals surface area contributed by atoms with E-state index in [0.29, 0.717) is 11.7 Å². The zero-order chi connectivity index (χ0) is 22.5. The molecule has 2 aromatic rings. The van der Waals surface area contributed by atoms with Gasteiger partial charge in [0.2, 0.25) is 0 Å². The molecule has 2 fully saturated rings. The van der Waals surface area contributed by atoms with Gasteiger partial charge in [-0.3, -0.25) is 0 Å². The summed E-state index contributed by atoms with van der Waals surface area (Å²) in [6, 6.07) is 14.3. The van der Waals surface area contributed by atoms with Crippen LogP contribution in [0.5, 0.6) is 5.75 Å². The predicted molar refractivity (Wildman–Crippen MR) is 131 cm³/mol. The van der Waals surface area contributed by atoms with Crippen molar-refractivity contribution >= 4 is 23.3 Å². The van der Waals surface area contributed by atoms with Crippen LogP contribution in [0, 0.1) is 12.8 Å². The van der Waals surface area contributed by atoms with Gasteiger partial charge in [-0.2, -0.15) is 0 Å². The van der Waals surface area contributed by atoms with Crippen LogP contribution in [0.25, 0.3) is 0 Å². The van der Waals surface area contributed by atoms with Gasteiger partial charge in [-0.25, -0.2) is 4.79 Å². The number of aryl methyl sites for hydroxylation is 1. The minimum absolute atomic E-state index is 0.000384. The fourth-order valence-electron chi connectivity index (χ4n) is 4.48. The highest BCUT2D eigenvalue weighted by Gasteiger charge is 2.33. The lowest BCUT2D eigenvalue weighted by molar-refractivity contribution is 0.125. The Bertz CT molecular complexity index is 906. The second-order valence-corrected chi connectivity index (χ2v) is 9.62. The molecular formula is C26H34ClN3O2. The molecule has 0 spiro atoms. The van der Waals surface area contributed by atoms with Crippen molar-refractivity contribution in [3.8, 4) is 5.75 Å². The van der Waals surface area contributed by atoms with E-state index in [4.69, 9.17) is 16.3 Å². The first-order valence-electron chi connectivity index (χ1n) is 11.7. The SMILES string of the molecule is COc1ccc(C)cc1NC(=O)N(CC1CC1)C1CCN(CCc2ccc(Cl)cc2)CC1. The number of amides is 2. The molecule has 6 heteroatoms. The normalized spacial score (nSPS) is 17.2. The molecular weight excluding hydrogens is 422 g/mol. The van der Waals surface area contributed by atoms with Crippen molar-refractivity contribution in [2.75, 3.05) is 38.6 Å². The molecule has 172 valence electrons. The lowest BCUT2D eigenvalue weighted by Crippen LogP contribution is -2.49. The highest BCUT2D eigenvalue weighted by Crippen LogP contribution is 2.33. The van der Waals surface area contributed by atoms with E-state index < -0.39 is 0 Å². The van der Waals surface area contributed by atoms with E-state index in [1.807, 2.05) is 37.3 Å². The van der Waals surface area contributed by atoms with Gasteiger partial charge in [0.1, 0.15) is 5.75 Å². The van der Waals surface area contributed by atoms with Crippen LogP contribution in [0.2, 0.25) is 5.02 Å². The molecule has 0 atom stereocenters. The number of hydrogen-bond acceptors (Lipinski definition) is 3. The summed E-state index contributed by atoms with van der Waals surface area (Å²) in [6.07, 6.45) is 5.54. The number of carbonyl (C=O) groups excluding carboxylic acids is 1. The van der Waals surface area contributed by atoms with E-state index in [-0.39, 0.29) is 12.1 Å². The Kier molecular flexibility index (Phi) is 7.59. The molecule has 4 rings (SSSR count). The number of nitrogens with one attached hydrogen (secondary N) is 1. The van der Waals surface area contributed by atoms with Crippen molar-refractivity contribution in [2.24, 2.45) is 5.92 Å². The largest absolute Gasteiger partial charge is 0.495 e. The molecule has 1 aliphatic heterocycles. The van der Waals surface area contributed by atoms with Crippen molar-refractivity contribution < 1.29 is 9.53 Å². The molecule has 0 bridgehead atoms. The van der Waals surface area contributed by atoms with E-state index in [0.717, 1.165) is 61.7 Å². The molecule has 2 aliphatic rings. The molecule has 2 amide bonds. The Labute approximate surface area is 196 Å². The van der Waals surface area contributed by atoms with Crippen molar-refractivity contribution in [1.82, 2.24) is 9.80 Å². The summed E-state index contributed by atoms with van der Waals surface area (Å²) in [7, 11) is 1.64. The van der Waals surface area contributed by atoms with Gasteiger partial charge in [0.25, 0.3) is 0 Å². The predicted octanol–water partition coefficient (Wildman–Crippen LogP) is 5.61. The van der Waals surface area contributed by atoms with Crippen LogP contribution >= 0.6 is 11.6 Å². The van der Waals surface area contributed by atoms with Crippen molar-refractivity contribution in [3.63, 3.8) is 0 Å². The van der Waals surface area contributed by atoms with E-state index in [9.17, 15) is 4.79 Å². The number of piperidine rings is 1. The number of anilines is 1. The number of likely N-dealkylation sites (tertiary alicyclic amines) is 1. The Morgan fingerprint density at radius 1 is 1.12 bits per heavy atom. The van der Waals surface area contributed by atoms with E-state index in [1.54, 1.807) is 7.11 Å². The number of benzene rings is 2. The van der Waals surface area contributed by atoms with Crippen LogP contribution in [-0.2, 0) is 6.42 Å². The Balaban J connectivity index is 1.34. The smallest absolute Gasteiger partial charge is 0.322 e. The molecule has 1 saturated heterocycles. The van der Waals surface area contributed by atoms with Crippen LogP contribution in [-0.4, -0.2) is 55.2 Å². The summed E-state index contributed by atoms with van der Waals surface area (Å²) < 4.78 is 5.46. The number of hydrogen-bond donors (Lipinski definition) is 1. The zero-order valence-corrected chi connectivity index (χ0v) is 19.9. The molecule has 1 heterocycles. The molecule has 2 aromatic carbocycles. The van der Waals surface area contributed by atoms with Crippen molar-refractivity contribution in [2.45, 2.75) is 45.1 Å². The number of ether oxygens (including phenoxy) is 1. The van der Waals surface area contributed by atoms with Gasteiger partial charge in [0.15, 0.2) is 0 Å². The number of urea groups is 1. The zero-order valence-electron chi connectivity index (χ0n) is 19.1. The number of methoxy groups -OCH3 is 1.